The summed E-state index contributed by atoms with van der Waals surface area (Å²) < 4.78 is 21.0. The zero-order chi connectivity index (χ0) is 17.6. The number of hydrogen-bond donors (Lipinski definition) is 0. The molecule has 0 aliphatic rings. The molecule has 4 nitrogen and oxygen atoms in total. The Morgan fingerprint density at radius 1 is 1.08 bits per heavy atom. The fourth-order valence-electron chi connectivity index (χ4n) is 2.55. The van der Waals surface area contributed by atoms with Gasteiger partial charge in [-0.2, -0.15) is 0 Å². The molecule has 4 rings (SSSR count). The van der Waals surface area contributed by atoms with Crippen LogP contribution in [0, 0.1) is 5.82 Å². The molecule has 25 heavy (non-hydrogen) atoms. The van der Waals surface area contributed by atoms with E-state index in [2.05, 4.69) is 10.2 Å². The highest BCUT2D eigenvalue weighted by Crippen LogP contribution is 2.36. The molecular formula is C17H10Cl2FN3OS. The van der Waals surface area contributed by atoms with Crippen LogP contribution in [-0.2, 0) is 0 Å². The van der Waals surface area contributed by atoms with Gasteiger partial charge in [-0.25, -0.2) is 4.39 Å². The molecule has 0 amide bonds. The van der Waals surface area contributed by atoms with Gasteiger partial charge in [-0.05, 0) is 36.4 Å². The lowest BCUT2D eigenvalue weighted by Gasteiger charge is -2.07. The fourth-order valence-corrected chi connectivity index (χ4v) is 3.86. The summed E-state index contributed by atoms with van der Waals surface area (Å²) in [5.74, 6) is 0.859. The van der Waals surface area contributed by atoms with Gasteiger partial charge in [0, 0.05) is 16.5 Å². The number of aromatic nitrogens is 3. The van der Waals surface area contributed by atoms with E-state index in [0.29, 0.717) is 27.1 Å². The Labute approximate surface area is 156 Å². The van der Waals surface area contributed by atoms with Gasteiger partial charge in [0.25, 0.3) is 0 Å². The number of halogens is 3. The standard InChI is InChI=1S/C17H10Cl2FN3OS/c1-24-10-4-2-9(3-5-10)16-21-22-17-23(16)15(8-25-17)11-6-14(20)13(19)7-12(11)18/h2-8H,1H3. The van der Waals surface area contributed by atoms with Crippen LogP contribution in [0.1, 0.15) is 0 Å². The first kappa shape index (κ1) is 16.3. The quantitative estimate of drug-likeness (QED) is 0.426. The zero-order valence-corrected chi connectivity index (χ0v) is 15.2. The summed E-state index contributed by atoms with van der Waals surface area (Å²) in [6.45, 7) is 0. The number of nitrogens with zero attached hydrogens (tertiary/aromatic N) is 3. The number of hydrogen-bond acceptors (Lipinski definition) is 4. The van der Waals surface area contributed by atoms with Crippen LogP contribution in [0.2, 0.25) is 10.0 Å². The maximum atomic E-state index is 13.9. The Kier molecular flexibility index (Phi) is 4.11. The summed E-state index contributed by atoms with van der Waals surface area (Å²) in [7, 11) is 1.61. The van der Waals surface area contributed by atoms with Crippen LogP contribution in [0.5, 0.6) is 5.75 Å². The van der Waals surface area contributed by atoms with E-state index in [1.54, 1.807) is 7.11 Å². The summed E-state index contributed by atoms with van der Waals surface area (Å²) >= 11 is 13.5. The van der Waals surface area contributed by atoms with Gasteiger partial charge in [0.15, 0.2) is 5.82 Å². The first-order chi connectivity index (χ1) is 12.1. The lowest BCUT2D eigenvalue weighted by molar-refractivity contribution is 0.415. The van der Waals surface area contributed by atoms with Crippen molar-refractivity contribution < 1.29 is 9.13 Å². The molecule has 0 saturated heterocycles. The van der Waals surface area contributed by atoms with E-state index in [0.717, 1.165) is 11.3 Å². The molecule has 0 N–H and O–H groups in total. The van der Waals surface area contributed by atoms with Gasteiger partial charge in [-0.15, -0.1) is 21.5 Å². The number of benzene rings is 2. The normalized spacial score (nSPS) is 11.2. The highest BCUT2D eigenvalue weighted by molar-refractivity contribution is 7.15. The summed E-state index contributed by atoms with van der Waals surface area (Å²) in [5.41, 5.74) is 2.10. The maximum absolute atomic E-state index is 13.9. The second kappa shape index (κ2) is 6.29. The van der Waals surface area contributed by atoms with Crippen LogP contribution in [-0.4, -0.2) is 21.7 Å². The average molecular weight is 394 g/mol. The molecule has 4 aromatic rings. The third-order valence-corrected chi connectivity index (χ3v) is 5.20. The topological polar surface area (TPSA) is 39.4 Å². The monoisotopic (exact) mass is 393 g/mol. The molecule has 2 heterocycles. The molecule has 0 atom stereocenters. The van der Waals surface area contributed by atoms with E-state index in [1.165, 1.54) is 23.5 Å². The lowest BCUT2D eigenvalue weighted by Crippen LogP contribution is -1.93. The van der Waals surface area contributed by atoms with E-state index >= 15 is 0 Å². The van der Waals surface area contributed by atoms with Crippen molar-refractivity contribution in [3.63, 3.8) is 0 Å². The van der Waals surface area contributed by atoms with Crippen LogP contribution >= 0.6 is 34.5 Å². The molecule has 0 bridgehead atoms. The second-order valence-electron chi connectivity index (χ2n) is 5.24. The third-order valence-electron chi connectivity index (χ3n) is 3.78. The van der Waals surface area contributed by atoms with Crippen molar-refractivity contribution in [1.29, 1.82) is 0 Å². The van der Waals surface area contributed by atoms with Crippen molar-refractivity contribution in [2.75, 3.05) is 7.11 Å². The van der Waals surface area contributed by atoms with Crippen molar-refractivity contribution in [3.8, 4) is 28.4 Å². The van der Waals surface area contributed by atoms with Gasteiger partial charge in [0.05, 0.1) is 22.8 Å². The number of methoxy groups -OCH3 is 1. The number of ether oxygens (including phenoxy) is 1. The van der Waals surface area contributed by atoms with Gasteiger partial charge in [-0.1, -0.05) is 23.2 Å². The van der Waals surface area contributed by atoms with Crippen molar-refractivity contribution in [3.05, 3.63) is 57.6 Å². The van der Waals surface area contributed by atoms with E-state index in [9.17, 15) is 4.39 Å². The number of rotatable bonds is 3. The van der Waals surface area contributed by atoms with Gasteiger partial charge >= 0.3 is 0 Å². The van der Waals surface area contributed by atoms with Gasteiger partial charge < -0.3 is 4.74 Å². The minimum absolute atomic E-state index is 0.0145. The molecule has 0 aliphatic carbocycles. The van der Waals surface area contributed by atoms with E-state index in [1.807, 2.05) is 34.0 Å². The number of thiazole rings is 1. The van der Waals surface area contributed by atoms with Crippen LogP contribution in [0.4, 0.5) is 4.39 Å². The smallest absolute Gasteiger partial charge is 0.216 e. The SMILES string of the molecule is COc1ccc(-c2nnc3scc(-c4cc(F)c(Cl)cc4Cl)n23)cc1. The Balaban J connectivity index is 1.92. The Morgan fingerprint density at radius 3 is 2.56 bits per heavy atom. The Morgan fingerprint density at radius 2 is 1.84 bits per heavy atom. The summed E-state index contributed by atoms with van der Waals surface area (Å²) in [4.78, 5) is 0.687. The first-order valence-corrected chi connectivity index (χ1v) is 8.84. The molecule has 2 aromatic carbocycles. The molecule has 8 heteroatoms. The largest absolute Gasteiger partial charge is 0.497 e. The van der Waals surface area contributed by atoms with Crippen LogP contribution < -0.4 is 4.74 Å². The highest BCUT2D eigenvalue weighted by atomic mass is 35.5. The molecule has 126 valence electrons. The lowest BCUT2D eigenvalue weighted by atomic mass is 10.1. The predicted octanol–water partition coefficient (Wildman–Crippen LogP) is 5.58. The molecule has 0 radical (unpaired) electrons. The molecule has 0 fully saturated rings. The summed E-state index contributed by atoms with van der Waals surface area (Å²) in [5, 5.41) is 10.7. The van der Waals surface area contributed by atoms with E-state index < -0.39 is 5.82 Å². The summed E-state index contributed by atoms with van der Waals surface area (Å²) in [6.07, 6.45) is 0. The second-order valence-corrected chi connectivity index (χ2v) is 6.89. The van der Waals surface area contributed by atoms with Crippen molar-refractivity contribution in [1.82, 2.24) is 14.6 Å². The van der Waals surface area contributed by atoms with Crippen molar-refractivity contribution in [2.45, 2.75) is 0 Å². The van der Waals surface area contributed by atoms with E-state index in [-0.39, 0.29) is 5.02 Å². The van der Waals surface area contributed by atoms with Gasteiger partial charge in [0.1, 0.15) is 11.6 Å². The van der Waals surface area contributed by atoms with Crippen molar-refractivity contribution in [2.24, 2.45) is 0 Å². The molecular weight excluding hydrogens is 384 g/mol. The first-order valence-electron chi connectivity index (χ1n) is 7.20. The fraction of sp³-hybridized carbons (Fsp3) is 0.0588. The average Bonchev–Trinajstić information content (AvgIpc) is 3.20. The van der Waals surface area contributed by atoms with Crippen LogP contribution in [0.25, 0.3) is 27.6 Å². The van der Waals surface area contributed by atoms with Crippen molar-refractivity contribution >= 4 is 39.5 Å². The van der Waals surface area contributed by atoms with Crippen LogP contribution in [0.15, 0.2) is 41.8 Å². The predicted molar refractivity (Wildman–Crippen MR) is 98.3 cm³/mol. The molecule has 0 spiro atoms. The maximum Gasteiger partial charge on any atom is 0.216 e. The summed E-state index contributed by atoms with van der Waals surface area (Å²) in [6, 6.07) is 10.2. The number of fused-ring (bicyclic) bond motifs is 1. The van der Waals surface area contributed by atoms with Crippen LogP contribution in [0.3, 0.4) is 0 Å². The van der Waals surface area contributed by atoms with E-state index in [4.69, 9.17) is 27.9 Å². The molecule has 0 unspecified atom stereocenters. The molecule has 0 aliphatic heterocycles. The molecule has 2 aromatic heterocycles. The zero-order valence-electron chi connectivity index (χ0n) is 12.8. The third kappa shape index (κ3) is 2.76. The Bertz CT molecular complexity index is 1080. The highest BCUT2D eigenvalue weighted by Gasteiger charge is 2.18. The van der Waals surface area contributed by atoms with Gasteiger partial charge in [0.2, 0.25) is 4.96 Å². The minimum atomic E-state index is -0.528. The minimum Gasteiger partial charge on any atom is -0.497 e. The molecule has 0 saturated carbocycles. The van der Waals surface area contributed by atoms with Gasteiger partial charge in [-0.3, -0.25) is 4.40 Å². The Hall–Kier alpha value is -2.15.